The van der Waals surface area contributed by atoms with Gasteiger partial charge in [-0.05, 0) is 61.1 Å². The molecule has 0 saturated heterocycles. The smallest absolute Gasteiger partial charge is 0.262 e. The fraction of sp³-hybridized carbons (Fsp3) is 0.440. The lowest BCUT2D eigenvalue weighted by Crippen LogP contribution is -2.36. The summed E-state index contributed by atoms with van der Waals surface area (Å²) in [6.07, 6.45) is 5.66. The Bertz CT molecular complexity index is 886. The summed E-state index contributed by atoms with van der Waals surface area (Å²) in [5.41, 5.74) is 3.31. The van der Waals surface area contributed by atoms with Gasteiger partial charge in [0.05, 0.1) is 0 Å². The third-order valence-electron chi connectivity index (χ3n) is 5.50. The van der Waals surface area contributed by atoms with Gasteiger partial charge in [0.25, 0.3) is 11.8 Å². The molecule has 0 spiro atoms. The molecular formula is C25H32N2O3. The van der Waals surface area contributed by atoms with Crippen LogP contribution in [0.5, 0.6) is 5.75 Å². The Balaban J connectivity index is 1.57. The van der Waals surface area contributed by atoms with Crippen LogP contribution in [-0.4, -0.2) is 24.5 Å². The summed E-state index contributed by atoms with van der Waals surface area (Å²) < 4.78 is 5.80. The Kier molecular flexibility index (Phi) is 7.50. The number of amides is 2. The molecule has 1 aliphatic carbocycles. The van der Waals surface area contributed by atoms with Crippen molar-refractivity contribution in [2.45, 2.75) is 64.8 Å². The van der Waals surface area contributed by atoms with Gasteiger partial charge in [0.1, 0.15) is 5.75 Å². The van der Waals surface area contributed by atoms with Crippen LogP contribution in [0.4, 0.5) is 5.69 Å². The van der Waals surface area contributed by atoms with Crippen LogP contribution in [0.2, 0.25) is 0 Å². The molecule has 0 aliphatic heterocycles. The monoisotopic (exact) mass is 408 g/mol. The van der Waals surface area contributed by atoms with Gasteiger partial charge in [-0.25, -0.2) is 0 Å². The lowest BCUT2D eigenvalue weighted by atomic mass is 9.95. The lowest BCUT2D eigenvalue weighted by molar-refractivity contribution is -0.118. The van der Waals surface area contributed by atoms with Crippen molar-refractivity contribution in [1.29, 1.82) is 0 Å². The normalized spacial score (nSPS) is 14.4. The van der Waals surface area contributed by atoms with Gasteiger partial charge in [-0.2, -0.15) is 0 Å². The highest BCUT2D eigenvalue weighted by Crippen LogP contribution is 2.27. The van der Waals surface area contributed by atoms with E-state index in [-0.39, 0.29) is 24.5 Å². The zero-order valence-corrected chi connectivity index (χ0v) is 18.2. The van der Waals surface area contributed by atoms with Crippen molar-refractivity contribution in [2.75, 3.05) is 11.9 Å². The number of carbonyl (C=O) groups excluding carboxylic acids is 2. The highest BCUT2D eigenvalue weighted by molar-refractivity contribution is 5.97. The first-order chi connectivity index (χ1) is 14.4. The third kappa shape index (κ3) is 6.09. The molecule has 160 valence electrons. The van der Waals surface area contributed by atoms with E-state index in [4.69, 9.17) is 4.74 Å². The van der Waals surface area contributed by atoms with Crippen molar-refractivity contribution < 1.29 is 14.3 Å². The largest absolute Gasteiger partial charge is 0.483 e. The number of nitrogens with one attached hydrogen (secondary N) is 2. The first kappa shape index (κ1) is 21.9. The molecule has 2 amide bonds. The number of aryl methyl sites for hydroxylation is 1. The molecular weight excluding hydrogens is 376 g/mol. The van der Waals surface area contributed by atoms with E-state index in [1.165, 1.54) is 19.3 Å². The van der Waals surface area contributed by atoms with E-state index < -0.39 is 0 Å². The molecule has 0 aromatic heterocycles. The summed E-state index contributed by atoms with van der Waals surface area (Å²) in [5.74, 6) is 0.704. The van der Waals surface area contributed by atoms with Gasteiger partial charge in [-0.3, -0.25) is 9.59 Å². The Hall–Kier alpha value is -2.82. The minimum Gasteiger partial charge on any atom is -0.483 e. The first-order valence-electron chi connectivity index (χ1n) is 10.9. The quantitative estimate of drug-likeness (QED) is 0.662. The second-order valence-corrected chi connectivity index (χ2v) is 8.42. The molecule has 0 bridgehead atoms. The Morgan fingerprint density at radius 2 is 1.83 bits per heavy atom. The standard InChI is InChI=1S/C25H32N2O3/c1-17(2)22-13-12-18(3)14-23(22)30-16-24(28)26-21-11-7-8-19(15-21)25(29)27-20-9-5-4-6-10-20/h7-8,11-15,17,20H,4-6,9-10,16H2,1-3H3,(H,26,28)(H,27,29). The van der Waals surface area contributed by atoms with Crippen LogP contribution in [0.3, 0.4) is 0 Å². The maximum absolute atomic E-state index is 12.5. The van der Waals surface area contributed by atoms with Crippen molar-refractivity contribution in [2.24, 2.45) is 0 Å². The van der Waals surface area contributed by atoms with Crippen molar-refractivity contribution in [3.63, 3.8) is 0 Å². The van der Waals surface area contributed by atoms with Gasteiger partial charge in [-0.1, -0.05) is 51.3 Å². The summed E-state index contributed by atoms with van der Waals surface area (Å²) in [6, 6.07) is 13.3. The molecule has 2 aromatic rings. The molecule has 1 aliphatic rings. The Morgan fingerprint density at radius 1 is 1.07 bits per heavy atom. The van der Waals surface area contributed by atoms with Crippen LogP contribution in [0, 0.1) is 6.92 Å². The van der Waals surface area contributed by atoms with E-state index in [9.17, 15) is 9.59 Å². The summed E-state index contributed by atoms with van der Waals surface area (Å²) in [7, 11) is 0. The van der Waals surface area contributed by atoms with Crippen molar-refractivity contribution in [3.8, 4) is 5.75 Å². The average Bonchev–Trinajstić information content (AvgIpc) is 2.73. The predicted molar refractivity (Wildman–Crippen MR) is 120 cm³/mol. The SMILES string of the molecule is Cc1ccc(C(C)C)c(OCC(=O)Nc2cccc(C(=O)NC3CCCCC3)c2)c1. The first-order valence-corrected chi connectivity index (χ1v) is 10.9. The van der Waals surface area contributed by atoms with Crippen LogP contribution in [0.15, 0.2) is 42.5 Å². The van der Waals surface area contributed by atoms with Crippen LogP contribution >= 0.6 is 0 Å². The van der Waals surface area contributed by atoms with E-state index in [1.807, 2.05) is 25.1 Å². The molecule has 30 heavy (non-hydrogen) atoms. The van der Waals surface area contributed by atoms with Crippen LogP contribution < -0.4 is 15.4 Å². The Labute approximate surface area is 179 Å². The second-order valence-electron chi connectivity index (χ2n) is 8.42. The summed E-state index contributed by atoms with van der Waals surface area (Å²) in [5, 5.41) is 5.94. The van der Waals surface area contributed by atoms with E-state index in [0.717, 1.165) is 29.7 Å². The van der Waals surface area contributed by atoms with Crippen molar-refractivity contribution in [1.82, 2.24) is 5.32 Å². The van der Waals surface area contributed by atoms with E-state index >= 15 is 0 Å². The zero-order chi connectivity index (χ0) is 21.5. The molecule has 5 heteroatoms. The maximum Gasteiger partial charge on any atom is 0.262 e. The van der Waals surface area contributed by atoms with Gasteiger partial charge in [0.15, 0.2) is 6.61 Å². The fourth-order valence-corrected chi connectivity index (χ4v) is 3.84. The zero-order valence-electron chi connectivity index (χ0n) is 18.2. The molecule has 1 fully saturated rings. The topological polar surface area (TPSA) is 67.4 Å². The second kappa shape index (κ2) is 10.3. The minimum absolute atomic E-state index is 0.0817. The maximum atomic E-state index is 12.5. The molecule has 0 unspecified atom stereocenters. The number of rotatable bonds is 7. The Morgan fingerprint density at radius 3 is 2.57 bits per heavy atom. The van der Waals surface area contributed by atoms with Crippen LogP contribution in [0.1, 0.15) is 73.4 Å². The highest BCUT2D eigenvalue weighted by Gasteiger charge is 2.17. The minimum atomic E-state index is -0.254. The molecule has 3 rings (SSSR count). The number of carbonyl (C=O) groups is 2. The molecule has 5 nitrogen and oxygen atoms in total. The average molecular weight is 409 g/mol. The fourth-order valence-electron chi connectivity index (χ4n) is 3.84. The molecule has 2 aromatic carbocycles. The van der Waals surface area contributed by atoms with E-state index in [2.05, 4.69) is 24.5 Å². The van der Waals surface area contributed by atoms with Crippen molar-refractivity contribution in [3.05, 3.63) is 59.2 Å². The number of anilines is 1. The molecule has 0 radical (unpaired) electrons. The van der Waals surface area contributed by atoms with Crippen LogP contribution in [-0.2, 0) is 4.79 Å². The van der Waals surface area contributed by atoms with E-state index in [1.54, 1.807) is 24.3 Å². The number of ether oxygens (including phenoxy) is 1. The van der Waals surface area contributed by atoms with Gasteiger partial charge in [-0.15, -0.1) is 0 Å². The van der Waals surface area contributed by atoms with Gasteiger partial charge < -0.3 is 15.4 Å². The number of hydrogen-bond acceptors (Lipinski definition) is 3. The van der Waals surface area contributed by atoms with Gasteiger partial charge in [0.2, 0.25) is 0 Å². The summed E-state index contributed by atoms with van der Waals surface area (Å²) in [4.78, 5) is 25.0. The third-order valence-corrected chi connectivity index (χ3v) is 5.50. The summed E-state index contributed by atoms with van der Waals surface area (Å²) >= 11 is 0. The predicted octanol–water partition coefficient (Wildman–Crippen LogP) is 5.20. The van der Waals surface area contributed by atoms with Crippen LogP contribution in [0.25, 0.3) is 0 Å². The summed E-state index contributed by atoms with van der Waals surface area (Å²) in [6.45, 7) is 6.12. The molecule has 0 heterocycles. The molecule has 0 atom stereocenters. The van der Waals surface area contributed by atoms with E-state index in [0.29, 0.717) is 17.2 Å². The van der Waals surface area contributed by atoms with Gasteiger partial charge >= 0.3 is 0 Å². The molecule has 2 N–H and O–H groups in total. The number of benzene rings is 2. The number of hydrogen-bond donors (Lipinski definition) is 2. The molecule has 1 saturated carbocycles. The lowest BCUT2D eigenvalue weighted by Gasteiger charge is -2.22. The van der Waals surface area contributed by atoms with Gasteiger partial charge in [0, 0.05) is 17.3 Å². The highest BCUT2D eigenvalue weighted by atomic mass is 16.5. The van der Waals surface area contributed by atoms with Crippen molar-refractivity contribution >= 4 is 17.5 Å².